The number of hydrogen-bond acceptors (Lipinski definition) is 2. The molecule has 1 aromatic heterocycles. The van der Waals surface area contributed by atoms with Gasteiger partial charge in [0.1, 0.15) is 5.82 Å². The predicted octanol–water partition coefficient (Wildman–Crippen LogP) is 3.24. The van der Waals surface area contributed by atoms with E-state index < -0.39 is 0 Å². The maximum atomic E-state index is 6.09. The smallest absolute Gasteiger partial charge is 0.139 e. The predicted molar refractivity (Wildman–Crippen MR) is 75.7 cm³/mol. The molecule has 0 saturated heterocycles. The van der Waals surface area contributed by atoms with Crippen LogP contribution in [-0.2, 0) is 13.6 Å². The van der Waals surface area contributed by atoms with Crippen molar-refractivity contribution in [1.82, 2.24) is 14.9 Å². The van der Waals surface area contributed by atoms with Crippen LogP contribution in [0.2, 0.25) is 5.02 Å². The van der Waals surface area contributed by atoms with Crippen LogP contribution in [0.15, 0.2) is 30.6 Å². The number of nitrogens with one attached hydrogen (secondary N) is 1. The Morgan fingerprint density at radius 2 is 2.22 bits per heavy atom. The van der Waals surface area contributed by atoms with Crippen molar-refractivity contribution in [3.8, 4) is 11.4 Å². The number of imidazole rings is 1. The van der Waals surface area contributed by atoms with Crippen LogP contribution in [0.1, 0.15) is 18.9 Å². The molecule has 0 spiro atoms. The monoisotopic (exact) mass is 263 g/mol. The first-order valence-corrected chi connectivity index (χ1v) is 6.57. The van der Waals surface area contributed by atoms with E-state index >= 15 is 0 Å². The van der Waals surface area contributed by atoms with E-state index in [4.69, 9.17) is 11.6 Å². The SMILES string of the molecule is CCCNCc1ccc(Cl)cc1-c1nccn1C. The first-order chi connectivity index (χ1) is 8.72. The zero-order valence-corrected chi connectivity index (χ0v) is 11.5. The van der Waals surface area contributed by atoms with E-state index in [0.717, 1.165) is 35.9 Å². The Kier molecular flexibility index (Phi) is 4.39. The summed E-state index contributed by atoms with van der Waals surface area (Å²) in [4.78, 5) is 4.39. The van der Waals surface area contributed by atoms with Crippen molar-refractivity contribution in [2.45, 2.75) is 19.9 Å². The maximum Gasteiger partial charge on any atom is 0.139 e. The fraction of sp³-hybridized carbons (Fsp3) is 0.357. The molecule has 0 radical (unpaired) electrons. The van der Waals surface area contributed by atoms with Crippen molar-refractivity contribution in [2.75, 3.05) is 6.54 Å². The average molecular weight is 264 g/mol. The van der Waals surface area contributed by atoms with Crippen molar-refractivity contribution < 1.29 is 0 Å². The molecule has 1 N–H and O–H groups in total. The highest BCUT2D eigenvalue weighted by atomic mass is 35.5. The van der Waals surface area contributed by atoms with Gasteiger partial charge in [0.2, 0.25) is 0 Å². The van der Waals surface area contributed by atoms with Crippen LogP contribution >= 0.6 is 11.6 Å². The molecule has 0 unspecified atom stereocenters. The molecular formula is C14H18ClN3. The fourth-order valence-electron chi connectivity index (χ4n) is 1.94. The van der Waals surface area contributed by atoms with Gasteiger partial charge in [-0.1, -0.05) is 24.6 Å². The zero-order chi connectivity index (χ0) is 13.0. The normalized spacial score (nSPS) is 10.8. The van der Waals surface area contributed by atoms with Crippen LogP contribution < -0.4 is 5.32 Å². The Hall–Kier alpha value is -1.32. The van der Waals surface area contributed by atoms with Crippen molar-refractivity contribution >= 4 is 11.6 Å². The molecule has 0 aliphatic carbocycles. The summed E-state index contributed by atoms with van der Waals surface area (Å²) in [6.45, 7) is 4.02. The Labute approximate surface area is 113 Å². The lowest BCUT2D eigenvalue weighted by molar-refractivity contribution is 0.675. The Morgan fingerprint density at radius 3 is 2.89 bits per heavy atom. The number of halogens is 1. The van der Waals surface area contributed by atoms with Crippen LogP contribution in [0.25, 0.3) is 11.4 Å². The molecule has 0 bridgehead atoms. The molecule has 2 aromatic rings. The second-order valence-corrected chi connectivity index (χ2v) is 4.78. The summed E-state index contributed by atoms with van der Waals surface area (Å²) in [6.07, 6.45) is 4.88. The van der Waals surface area contributed by atoms with Gasteiger partial charge in [0.25, 0.3) is 0 Å². The van der Waals surface area contributed by atoms with Gasteiger partial charge in [-0.2, -0.15) is 0 Å². The summed E-state index contributed by atoms with van der Waals surface area (Å²) >= 11 is 6.09. The Morgan fingerprint density at radius 1 is 1.39 bits per heavy atom. The maximum absolute atomic E-state index is 6.09. The lowest BCUT2D eigenvalue weighted by Gasteiger charge is -2.11. The highest BCUT2D eigenvalue weighted by Gasteiger charge is 2.09. The molecule has 0 aliphatic rings. The molecule has 3 nitrogen and oxygen atoms in total. The van der Waals surface area contributed by atoms with Crippen molar-refractivity contribution in [3.63, 3.8) is 0 Å². The van der Waals surface area contributed by atoms with Gasteiger partial charge in [-0.25, -0.2) is 4.98 Å². The van der Waals surface area contributed by atoms with E-state index in [0.29, 0.717) is 0 Å². The summed E-state index contributed by atoms with van der Waals surface area (Å²) in [7, 11) is 1.99. The molecule has 96 valence electrons. The summed E-state index contributed by atoms with van der Waals surface area (Å²) in [5, 5.41) is 4.16. The van der Waals surface area contributed by atoms with E-state index in [2.05, 4.69) is 23.3 Å². The van der Waals surface area contributed by atoms with Crippen molar-refractivity contribution in [1.29, 1.82) is 0 Å². The molecule has 0 fully saturated rings. The third-order valence-electron chi connectivity index (χ3n) is 2.88. The number of aromatic nitrogens is 2. The Balaban J connectivity index is 2.32. The van der Waals surface area contributed by atoms with Gasteiger partial charge in [-0.15, -0.1) is 0 Å². The molecule has 18 heavy (non-hydrogen) atoms. The number of benzene rings is 1. The van der Waals surface area contributed by atoms with Crippen molar-refractivity contribution in [2.24, 2.45) is 7.05 Å². The van der Waals surface area contributed by atoms with Crippen LogP contribution in [0.3, 0.4) is 0 Å². The standard InChI is InChI=1S/C14H18ClN3/c1-3-6-16-10-11-4-5-12(15)9-13(11)14-17-7-8-18(14)2/h4-5,7-9,16H,3,6,10H2,1-2H3. The topological polar surface area (TPSA) is 29.9 Å². The van der Waals surface area contributed by atoms with Gasteiger partial charge in [0, 0.05) is 36.6 Å². The summed E-state index contributed by atoms with van der Waals surface area (Å²) in [6, 6.07) is 5.97. The molecule has 1 heterocycles. The van der Waals surface area contributed by atoms with E-state index in [1.54, 1.807) is 6.20 Å². The van der Waals surface area contributed by atoms with E-state index in [9.17, 15) is 0 Å². The van der Waals surface area contributed by atoms with E-state index in [1.807, 2.05) is 29.9 Å². The average Bonchev–Trinajstić information content (AvgIpc) is 2.77. The largest absolute Gasteiger partial charge is 0.334 e. The molecule has 0 amide bonds. The van der Waals surface area contributed by atoms with Gasteiger partial charge >= 0.3 is 0 Å². The summed E-state index contributed by atoms with van der Waals surface area (Å²) in [5.41, 5.74) is 2.32. The van der Waals surface area contributed by atoms with Crippen LogP contribution in [-0.4, -0.2) is 16.1 Å². The van der Waals surface area contributed by atoms with Gasteiger partial charge in [-0.3, -0.25) is 0 Å². The fourth-order valence-corrected chi connectivity index (χ4v) is 2.11. The van der Waals surface area contributed by atoms with Gasteiger partial charge in [0.05, 0.1) is 0 Å². The number of aryl methyl sites for hydroxylation is 1. The van der Waals surface area contributed by atoms with Crippen LogP contribution in [0.4, 0.5) is 0 Å². The van der Waals surface area contributed by atoms with Gasteiger partial charge in [0.15, 0.2) is 0 Å². The minimum atomic E-state index is 0.743. The summed E-state index contributed by atoms with van der Waals surface area (Å²) in [5.74, 6) is 0.950. The molecule has 0 atom stereocenters. The molecule has 1 aromatic carbocycles. The number of hydrogen-bond donors (Lipinski definition) is 1. The minimum Gasteiger partial charge on any atom is -0.334 e. The number of rotatable bonds is 5. The second-order valence-electron chi connectivity index (χ2n) is 4.34. The quantitative estimate of drug-likeness (QED) is 0.840. The summed E-state index contributed by atoms with van der Waals surface area (Å²) < 4.78 is 2.01. The molecular weight excluding hydrogens is 246 g/mol. The third kappa shape index (κ3) is 2.92. The first kappa shape index (κ1) is 13.1. The second kappa shape index (κ2) is 6.03. The minimum absolute atomic E-state index is 0.743. The molecule has 0 aliphatic heterocycles. The molecule has 2 rings (SSSR count). The molecule has 4 heteroatoms. The van der Waals surface area contributed by atoms with Gasteiger partial charge in [-0.05, 0) is 30.7 Å². The van der Waals surface area contributed by atoms with Crippen molar-refractivity contribution in [3.05, 3.63) is 41.2 Å². The highest BCUT2D eigenvalue weighted by Crippen LogP contribution is 2.25. The van der Waals surface area contributed by atoms with E-state index in [-0.39, 0.29) is 0 Å². The lowest BCUT2D eigenvalue weighted by Crippen LogP contribution is -2.14. The van der Waals surface area contributed by atoms with Gasteiger partial charge < -0.3 is 9.88 Å². The lowest BCUT2D eigenvalue weighted by atomic mass is 10.1. The highest BCUT2D eigenvalue weighted by molar-refractivity contribution is 6.30. The third-order valence-corrected chi connectivity index (χ3v) is 3.11. The molecule has 0 saturated carbocycles. The first-order valence-electron chi connectivity index (χ1n) is 6.19. The van der Waals surface area contributed by atoms with Crippen LogP contribution in [0.5, 0.6) is 0 Å². The zero-order valence-electron chi connectivity index (χ0n) is 10.8. The van der Waals surface area contributed by atoms with Crippen LogP contribution in [0, 0.1) is 0 Å². The van der Waals surface area contributed by atoms with E-state index in [1.165, 1.54) is 5.56 Å². The number of nitrogens with zero attached hydrogens (tertiary/aromatic N) is 2. The Bertz CT molecular complexity index is 520.